The van der Waals surface area contributed by atoms with Gasteiger partial charge in [0.2, 0.25) is 0 Å². The van der Waals surface area contributed by atoms with Crippen molar-refractivity contribution in [2.75, 3.05) is 0 Å². The van der Waals surface area contributed by atoms with Crippen molar-refractivity contribution in [3.8, 4) is 0 Å². The zero-order valence-corrected chi connectivity index (χ0v) is 9.52. The van der Waals surface area contributed by atoms with Crippen LogP contribution < -0.4 is 29.6 Å². The Morgan fingerprint density at radius 2 is 1.09 bits per heavy atom. The van der Waals surface area contributed by atoms with E-state index in [1.165, 1.54) is 0 Å². The molecule has 0 aromatic carbocycles. The molecule has 0 aromatic heterocycles. The Bertz CT molecular complexity index is 213. The molecular weight excluding hydrogens is 235 g/mol. The average Bonchev–Trinajstić information content (AvgIpc) is 1.12. The van der Waals surface area contributed by atoms with Crippen LogP contribution in [0.5, 0.6) is 0 Å². The van der Waals surface area contributed by atoms with Crippen molar-refractivity contribution in [2.24, 2.45) is 0 Å². The van der Waals surface area contributed by atoms with Crippen LogP contribution in [0.1, 0.15) is 0 Å². The summed E-state index contributed by atoms with van der Waals surface area (Å²) in [6.07, 6.45) is 0. The van der Waals surface area contributed by atoms with Crippen LogP contribution in [0.2, 0.25) is 0 Å². The summed E-state index contributed by atoms with van der Waals surface area (Å²) in [4.78, 5) is 0. The van der Waals surface area contributed by atoms with E-state index in [2.05, 4.69) is 10.7 Å². The minimum Gasteiger partial charge on any atom is -0.735 e. The van der Waals surface area contributed by atoms with Crippen LogP contribution in [0.15, 0.2) is 0 Å². The number of hydrogen-bond acceptors (Lipinski definition) is 5. The number of hydrogen-bond donors (Lipinski definition) is 2. The summed E-state index contributed by atoms with van der Waals surface area (Å²) in [5.41, 5.74) is 0. The summed E-state index contributed by atoms with van der Waals surface area (Å²) >= 11 is 0. The molecule has 0 aromatic rings. The molecule has 7 nitrogen and oxygen atoms in total. The van der Waals surface area contributed by atoms with Crippen LogP contribution in [-0.4, -0.2) is 30.5 Å². The first-order chi connectivity index (χ1) is 4.00. The number of rotatable bonds is 0. The summed E-state index contributed by atoms with van der Waals surface area (Å²) in [5, 5.41) is 0. The van der Waals surface area contributed by atoms with Crippen molar-refractivity contribution in [1.29, 1.82) is 0 Å². The van der Waals surface area contributed by atoms with Crippen molar-refractivity contribution in [1.82, 2.24) is 0 Å². The van der Waals surface area contributed by atoms with Gasteiger partial charge in [-0.25, -0.2) is 8.42 Å². The largest absolute Gasteiger partial charge is 1.00 e. The van der Waals surface area contributed by atoms with E-state index < -0.39 is 19.7 Å². The molecule has 0 aliphatic carbocycles. The van der Waals surface area contributed by atoms with Crippen LogP contribution >= 0.6 is 10.7 Å². The first-order valence-electron chi connectivity index (χ1n) is 1.35. The first kappa shape index (κ1) is 18.0. The van der Waals surface area contributed by atoms with E-state index in [1.807, 2.05) is 0 Å². The molecule has 11 heavy (non-hydrogen) atoms. The number of halogens is 1. The van der Waals surface area contributed by atoms with Gasteiger partial charge >= 0.3 is 40.0 Å². The van der Waals surface area contributed by atoms with Gasteiger partial charge in [0.05, 0.1) is 0 Å². The Labute approximate surface area is 89.9 Å². The standard InChI is InChI=1S/ClHO3S.Na.H2O4S/c1-5(2,3)4;;1-5(2,3)4/h(H,2,3,4);;(H2,1,2,3,4)/q;+1;/p-1. The van der Waals surface area contributed by atoms with Crippen molar-refractivity contribution in [2.45, 2.75) is 0 Å². The molecule has 0 fully saturated rings. The van der Waals surface area contributed by atoms with Gasteiger partial charge in [0, 0.05) is 10.7 Å². The van der Waals surface area contributed by atoms with Crippen LogP contribution in [0.25, 0.3) is 0 Å². The second-order valence-electron chi connectivity index (χ2n) is 0.841. The van der Waals surface area contributed by atoms with E-state index >= 15 is 0 Å². The Kier molecular flexibility index (Phi) is 10.7. The molecule has 0 rings (SSSR count). The molecular formula is H2ClNaO7S2. The van der Waals surface area contributed by atoms with Gasteiger partial charge < -0.3 is 4.55 Å². The van der Waals surface area contributed by atoms with Gasteiger partial charge in [-0.15, -0.1) is 0 Å². The molecule has 0 atom stereocenters. The predicted molar refractivity (Wildman–Crippen MR) is 29.7 cm³/mol. The quantitative estimate of drug-likeness (QED) is 0.249. The first-order valence-corrected chi connectivity index (χ1v) is 4.98. The third kappa shape index (κ3) is 795. The normalized spacial score (nSPS) is 10.5. The smallest absolute Gasteiger partial charge is 0.735 e. The van der Waals surface area contributed by atoms with Gasteiger partial charge in [0.1, 0.15) is 0 Å². The van der Waals surface area contributed by atoms with Crippen molar-refractivity contribution in [3.63, 3.8) is 0 Å². The third-order valence-corrected chi connectivity index (χ3v) is 0. The molecule has 0 aliphatic rings. The Morgan fingerprint density at radius 1 is 1.09 bits per heavy atom. The van der Waals surface area contributed by atoms with E-state index in [9.17, 15) is 0 Å². The average molecular weight is 237 g/mol. The molecule has 0 saturated carbocycles. The van der Waals surface area contributed by atoms with Gasteiger partial charge in [0.25, 0.3) is 0 Å². The Hall–Kier alpha value is 1.07. The van der Waals surface area contributed by atoms with Gasteiger partial charge in [0.15, 0.2) is 9.33 Å². The maximum atomic E-state index is 8.84. The van der Waals surface area contributed by atoms with E-state index in [-0.39, 0.29) is 29.6 Å². The SMILES string of the molecule is O=S(=O)(O)O.O=S(=O)([O-])Cl.[Na+]. The van der Waals surface area contributed by atoms with E-state index in [0.29, 0.717) is 0 Å². The van der Waals surface area contributed by atoms with E-state index in [4.69, 9.17) is 30.5 Å². The molecule has 0 saturated heterocycles. The van der Waals surface area contributed by atoms with Crippen LogP contribution in [0.3, 0.4) is 0 Å². The fourth-order valence-electron chi connectivity index (χ4n) is 0. The third-order valence-electron chi connectivity index (χ3n) is 0. The molecule has 11 heteroatoms. The Morgan fingerprint density at radius 3 is 1.09 bits per heavy atom. The maximum absolute atomic E-state index is 8.84. The molecule has 0 unspecified atom stereocenters. The Balaban J connectivity index is -0.000000107. The van der Waals surface area contributed by atoms with Gasteiger partial charge in [-0.2, -0.15) is 8.42 Å². The molecule has 0 aliphatic heterocycles. The monoisotopic (exact) mass is 236 g/mol. The molecule has 0 heterocycles. The molecule has 64 valence electrons. The van der Waals surface area contributed by atoms with Gasteiger partial charge in [-0.3, -0.25) is 9.11 Å². The van der Waals surface area contributed by atoms with E-state index in [0.717, 1.165) is 0 Å². The van der Waals surface area contributed by atoms with Gasteiger partial charge in [-0.1, -0.05) is 0 Å². The summed E-state index contributed by atoms with van der Waals surface area (Å²) in [7, 11) is -5.16. The summed E-state index contributed by atoms with van der Waals surface area (Å²) < 4.78 is 58.1. The summed E-state index contributed by atoms with van der Waals surface area (Å²) in [6, 6.07) is 0. The minimum atomic E-state index is -4.67. The zero-order valence-electron chi connectivity index (χ0n) is 5.13. The predicted octanol–water partition coefficient (Wildman–Crippen LogP) is -3.96. The topological polar surface area (TPSA) is 132 Å². The van der Waals surface area contributed by atoms with Crippen LogP contribution in [0, 0.1) is 0 Å². The van der Waals surface area contributed by atoms with Crippen LogP contribution in [0.4, 0.5) is 0 Å². The molecule has 0 amide bonds. The van der Waals surface area contributed by atoms with Crippen molar-refractivity contribution in [3.05, 3.63) is 0 Å². The molecule has 2 N–H and O–H groups in total. The van der Waals surface area contributed by atoms with Crippen LogP contribution in [-0.2, 0) is 19.7 Å². The van der Waals surface area contributed by atoms with Crippen molar-refractivity contribution < 1.29 is 60.1 Å². The second-order valence-corrected chi connectivity index (χ2v) is 3.66. The minimum absolute atomic E-state index is 0. The van der Waals surface area contributed by atoms with Gasteiger partial charge in [-0.05, 0) is 0 Å². The molecule has 0 spiro atoms. The molecule has 0 bridgehead atoms. The van der Waals surface area contributed by atoms with E-state index in [1.54, 1.807) is 0 Å². The summed E-state index contributed by atoms with van der Waals surface area (Å²) in [5.74, 6) is 0. The fourth-order valence-corrected chi connectivity index (χ4v) is 0. The van der Waals surface area contributed by atoms with Crippen molar-refractivity contribution >= 4 is 30.4 Å². The zero-order chi connectivity index (χ0) is 9.00. The second kappa shape index (κ2) is 6.57. The molecule has 0 radical (unpaired) electrons. The summed E-state index contributed by atoms with van der Waals surface area (Å²) in [6.45, 7) is 0. The maximum Gasteiger partial charge on any atom is 1.00 e. The fraction of sp³-hybridized carbons (Fsp3) is 0.